The average Bonchev–Trinajstić information content (AvgIpc) is 2.79. The number of hydrogen-bond acceptors (Lipinski definition) is 4. The molecule has 0 saturated carbocycles. The Bertz CT molecular complexity index is 506. The van der Waals surface area contributed by atoms with E-state index in [1.807, 2.05) is 13.2 Å². The van der Waals surface area contributed by atoms with Gasteiger partial charge in [0.15, 0.2) is 0 Å². The summed E-state index contributed by atoms with van der Waals surface area (Å²) in [5.41, 5.74) is 0.482. The smallest absolute Gasteiger partial charge is 0.326 e. The summed E-state index contributed by atoms with van der Waals surface area (Å²) in [6.45, 7) is 2.35. The highest BCUT2D eigenvalue weighted by atomic mass is 32.2. The van der Waals surface area contributed by atoms with Crippen molar-refractivity contribution in [3.8, 4) is 0 Å². The van der Waals surface area contributed by atoms with Crippen molar-refractivity contribution in [2.45, 2.75) is 24.4 Å². The zero-order chi connectivity index (χ0) is 14.0. The van der Waals surface area contributed by atoms with Crippen LogP contribution in [0, 0.1) is 5.92 Å². The lowest BCUT2D eigenvalue weighted by molar-refractivity contribution is -0.142. The number of carbonyl (C=O) groups excluding carboxylic acids is 1. The molecule has 1 aromatic heterocycles. The van der Waals surface area contributed by atoms with E-state index >= 15 is 0 Å². The van der Waals surface area contributed by atoms with Gasteiger partial charge in [-0.2, -0.15) is 0 Å². The Hall–Kier alpha value is -1.56. The normalized spacial score (nSPS) is 22.5. The molecule has 19 heavy (non-hydrogen) atoms. The van der Waals surface area contributed by atoms with Crippen LogP contribution in [-0.2, 0) is 4.79 Å². The van der Waals surface area contributed by atoms with Gasteiger partial charge in [0, 0.05) is 12.7 Å². The van der Waals surface area contributed by atoms with E-state index in [4.69, 9.17) is 0 Å². The molecule has 2 rings (SSSR count). The highest BCUT2D eigenvalue weighted by molar-refractivity contribution is 7.98. The molecule has 0 bridgehead atoms. The van der Waals surface area contributed by atoms with E-state index < -0.39 is 12.0 Å². The first-order valence-corrected chi connectivity index (χ1v) is 7.31. The van der Waals surface area contributed by atoms with E-state index in [9.17, 15) is 14.7 Å². The zero-order valence-corrected chi connectivity index (χ0v) is 11.7. The molecule has 2 unspecified atom stereocenters. The van der Waals surface area contributed by atoms with Crippen molar-refractivity contribution in [3.05, 3.63) is 23.9 Å². The second-order valence-corrected chi connectivity index (χ2v) is 5.40. The molecule has 1 aromatic rings. The molecule has 102 valence electrons. The van der Waals surface area contributed by atoms with Crippen LogP contribution in [0.5, 0.6) is 0 Å². The van der Waals surface area contributed by atoms with Crippen molar-refractivity contribution in [2.24, 2.45) is 5.92 Å². The summed E-state index contributed by atoms with van der Waals surface area (Å²) in [5.74, 6) is -1.20. The number of carboxylic acids is 1. The molecular formula is C13H16N2O3S. The van der Waals surface area contributed by atoms with E-state index in [2.05, 4.69) is 4.98 Å². The molecule has 0 spiro atoms. The van der Waals surface area contributed by atoms with Crippen molar-refractivity contribution >= 4 is 23.6 Å². The molecule has 0 aromatic carbocycles. The number of nitrogens with zero attached hydrogens (tertiary/aromatic N) is 2. The second-order valence-electron chi connectivity index (χ2n) is 4.61. The molecule has 1 aliphatic rings. The number of thioether (sulfide) groups is 1. The summed E-state index contributed by atoms with van der Waals surface area (Å²) in [6, 6.07) is 2.66. The van der Waals surface area contributed by atoms with Crippen LogP contribution in [0.2, 0.25) is 0 Å². The third-order valence-electron chi connectivity index (χ3n) is 3.41. The van der Waals surface area contributed by atoms with Crippen molar-refractivity contribution in [1.29, 1.82) is 0 Å². The molecule has 1 N–H and O–H groups in total. The Morgan fingerprint density at radius 2 is 2.26 bits per heavy atom. The number of hydrogen-bond donors (Lipinski definition) is 1. The van der Waals surface area contributed by atoms with Crippen LogP contribution >= 0.6 is 11.8 Å². The lowest BCUT2D eigenvalue weighted by Gasteiger charge is -2.23. The molecular weight excluding hydrogens is 264 g/mol. The Kier molecular flexibility index (Phi) is 4.09. The molecule has 0 aliphatic carbocycles. The molecule has 5 nitrogen and oxygen atoms in total. The van der Waals surface area contributed by atoms with Crippen LogP contribution in [0.4, 0.5) is 0 Å². The number of likely N-dealkylation sites (tertiary alicyclic amines) is 1. The van der Waals surface area contributed by atoms with Crippen molar-refractivity contribution in [2.75, 3.05) is 12.8 Å². The maximum Gasteiger partial charge on any atom is 0.326 e. The fraction of sp³-hybridized carbons (Fsp3) is 0.462. The summed E-state index contributed by atoms with van der Waals surface area (Å²) in [4.78, 5) is 29.4. The Morgan fingerprint density at radius 1 is 1.53 bits per heavy atom. The predicted octanol–water partition coefficient (Wildman–Crippen LogP) is 1.74. The van der Waals surface area contributed by atoms with Crippen molar-refractivity contribution < 1.29 is 14.7 Å². The maximum absolute atomic E-state index is 12.5. The summed E-state index contributed by atoms with van der Waals surface area (Å²) < 4.78 is 0. The number of carboxylic acid groups (broad SMARTS) is 1. The minimum absolute atomic E-state index is 0.0177. The fourth-order valence-corrected chi connectivity index (χ4v) is 2.96. The molecule has 0 radical (unpaired) electrons. The Morgan fingerprint density at radius 3 is 2.89 bits per heavy atom. The molecule has 6 heteroatoms. The van der Waals surface area contributed by atoms with Crippen LogP contribution < -0.4 is 0 Å². The van der Waals surface area contributed by atoms with Gasteiger partial charge in [-0.1, -0.05) is 6.92 Å². The standard InChI is InChI=1S/C13H16N2O3S/c1-8-5-7-15(10(8)13(17)18)12(16)9-4-3-6-14-11(9)19-2/h3-4,6,8,10H,5,7H2,1-2H3,(H,17,18). The van der Waals surface area contributed by atoms with E-state index in [0.717, 1.165) is 6.42 Å². The monoisotopic (exact) mass is 280 g/mol. The van der Waals surface area contributed by atoms with Crippen molar-refractivity contribution in [3.63, 3.8) is 0 Å². The summed E-state index contributed by atoms with van der Waals surface area (Å²) >= 11 is 1.39. The Balaban J connectivity index is 2.31. The third-order valence-corrected chi connectivity index (χ3v) is 4.12. The predicted molar refractivity (Wildman–Crippen MR) is 72.3 cm³/mol. The van der Waals surface area contributed by atoms with Gasteiger partial charge in [-0.05, 0) is 30.7 Å². The molecule has 1 amide bonds. The third kappa shape index (κ3) is 2.58. The average molecular weight is 280 g/mol. The van der Waals surface area contributed by atoms with Gasteiger partial charge in [-0.15, -0.1) is 11.8 Å². The van der Waals surface area contributed by atoms with Gasteiger partial charge in [0.25, 0.3) is 5.91 Å². The number of amides is 1. The molecule has 1 aliphatic heterocycles. The second kappa shape index (κ2) is 5.61. The van der Waals surface area contributed by atoms with E-state index in [1.54, 1.807) is 18.3 Å². The zero-order valence-electron chi connectivity index (χ0n) is 10.9. The topological polar surface area (TPSA) is 70.5 Å². The van der Waals surface area contributed by atoms with Crippen LogP contribution in [0.3, 0.4) is 0 Å². The van der Waals surface area contributed by atoms with Gasteiger partial charge in [0.05, 0.1) is 5.56 Å². The van der Waals surface area contributed by atoms with Crippen molar-refractivity contribution in [1.82, 2.24) is 9.88 Å². The van der Waals surface area contributed by atoms with Crippen LogP contribution in [0.25, 0.3) is 0 Å². The van der Waals surface area contributed by atoms with Gasteiger partial charge < -0.3 is 10.0 Å². The molecule has 1 fully saturated rings. The first-order valence-electron chi connectivity index (χ1n) is 6.09. The highest BCUT2D eigenvalue weighted by Gasteiger charge is 2.40. The number of carbonyl (C=O) groups is 2. The maximum atomic E-state index is 12.5. The number of aromatic nitrogens is 1. The van der Waals surface area contributed by atoms with Crippen LogP contribution in [-0.4, -0.2) is 45.7 Å². The molecule has 2 atom stereocenters. The largest absolute Gasteiger partial charge is 0.480 e. The summed E-state index contributed by atoms with van der Waals surface area (Å²) in [6.07, 6.45) is 4.20. The van der Waals surface area contributed by atoms with E-state index in [1.165, 1.54) is 16.7 Å². The van der Waals surface area contributed by atoms with Gasteiger partial charge in [0.1, 0.15) is 11.1 Å². The number of rotatable bonds is 3. The lowest BCUT2D eigenvalue weighted by atomic mass is 10.0. The molecule has 2 heterocycles. The lowest BCUT2D eigenvalue weighted by Crippen LogP contribution is -2.43. The minimum atomic E-state index is -0.937. The van der Waals surface area contributed by atoms with Crippen LogP contribution in [0.1, 0.15) is 23.7 Å². The highest BCUT2D eigenvalue weighted by Crippen LogP contribution is 2.28. The van der Waals surface area contributed by atoms with Gasteiger partial charge in [-0.25, -0.2) is 9.78 Å². The Labute approximate surface area is 116 Å². The van der Waals surface area contributed by atoms with Crippen LogP contribution in [0.15, 0.2) is 23.4 Å². The SMILES string of the molecule is CSc1ncccc1C(=O)N1CCC(C)C1C(=O)O. The summed E-state index contributed by atoms with van der Waals surface area (Å²) in [7, 11) is 0. The number of pyridine rings is 1. The first kappa shape index (κ1) is 13.9. The van der Waals surface area contributed by atoms with Gasteiger partial charge >= 0.3 is 5.97 Å². The summed E-state index contributed by atoms with van der Waals surface area (Å²) in [5, 5.41) is 9.90. The fourth-order valence-electron chi connectivity index (χ4n) is 2.42. The number of aliphatic carboxylic acids is 1. The van der Waals surface area contributed by atoms with Gasteiger partial charge in [-0.3, -0.25) is 4.79 Å². The first-order chi connectivity index (χ1) is 9.06. The van der Waals surface area contributed by atoms with E-state index in [-0.39, 0.29) is 11.8 Å². The van der Waals surface area contributed by atoms with E-state index in [0.29, 0.717) is 17.1 Å². The molecule has 1 saturated heterocycles. The quantitative estimate of drug-likeness (QED) is 0.854. The van der Waals surface area contributed by atoms with Gasteiger partial charge in [0.2, 0.25) is 0 Å². The minimum Gasteiger partial charge on any atom is -0.480 e.